The Labute approximate surface area is 133 Å². The Kier molecular flexibility index (Phi) is 3.78. The Hall–Kier alpha value is -2.82. The smallest absolute Gasteiger partial charge is 0.255 e. The quantitative estimate of drug-likeness (QED) is 0.780. The van der Waals surface area contributed by atoms with Crippen molar-refractivity contribution in [2.75, 3.05) is 5.32 Å². The van der Waals surface area contributed by atoms with Gasteiger partial charge in [0.15, 0.2) is 0 Å². The molecule has 3 rings (SSSR count). The van der Waals surface area contributed by atoms with E-state index >= 15 is 0 Å². The monoisotopic (exact) mass is 309 g/mol. The molecule has 1 aromatic heterocycles. The summed E-state index contributed by atoms with van der Waals surface area (Å²) < 4.78 is 13.8. The number of hydrogen-bond acceptors (Lipinski definition) is 3. The fraction of sp³-hybridized carbons (Fsp3) is 0.167. The van der Waals surface area contributed by atoms with Gasteiger partial charge in [-0.05, 0) is 56.7 Å². The molecule has 0 aliphatic carbocycles. The molecule has 0 unspecified atom stereocenters. The zero-order valence-corrected chi connectivity index (χ0v) is 13.1. The van der Waals surface area contributed by atoms with Gasteiger partial charge in [0.2, 0.25) is 0 Å². The number of aryl methyl sites for hydroxylation is 3. The number of aromatic nitrogens is 2. The second kappa shape index (κ2) is 5.76. The molecule has 1 heterocycles. The van der Waals surface area contributed by atoms with Crippen LogP contribution in [0, 0.1) is 26.6 Å². The SMILES string of the molecule is Cc1ccc(NC(=O)c2ccc3nc(C)c(C)nc3c2)c(F)c1. The average Bonchev–Trinajstić information content (AvgIpc) is 2.50. The molecule has 3 aromatic rings. The van der Waals surface area contributed by atoms with Gasteiger partial charge in [-0.1, -0.05) is 6.07 Å². The number of anilines is 1. The van der Waals surface area contributed by atoms with Crippen molar-refractivity contribution < 1.29 is 9.18 Å². The summed E-state index contributed by atoms with van der Waals surface area (Å²) in [6.07, 6.45) is 0. The van der Waals surface area contributed by atoms with Crippen molar-refractivity contribution >= 4 is 22.6 Å². The number of rotatable bonds is 2. The van der Waals surface area contributed by atoms with Crippen molar-refractivity contribution in [1.29, 1.82) is 0 Å². The molecule has 116 valence electrons. The summed E-state index contributed by atoms with van der Waals surface area (Å²) in [6.45, 7) is 5.56. The van der Waals surface area contributed by atoms with E-state index in [4.69, 9.17) is 0 Å². The molecule has 1 amide bonds. The second-order valence-corrected chi connectivity index (χ2v) is 5.54. The van der Waals surface area contributed by atoms with E-state index in [1.54, 1.807) is 37.3 Å². The maximum absolute atomic E-state index is 13.8. The average molecular weight is 309 g/mol. The fourth-order valence-electron chi connectivity index (χ4n) is 2.29. The molecular formula is C18H16FN3O. The number of nitrogens with one attached hydrogen (secondary N) is 1. The van der Waals surface area contributed by atoms with Crippen molar-refractivity contribution in [2.45, 2.75) is 20.8 Å². The zero-order chi connectivity index (χ0) is 16.6. The number of nitrogens with zero attached hydrogens (tertiary/aromatic N) is 2. The number of carbonyl (C=O) groups is 1. The standard InChI is InChI=1S/C18H16FN3O/c1-10-4-6-15(14(19)8-10)22-18(23)13-5-7-16-17(9-13)21-12(3)11(2)20-16/h4-9H,1-3H3,(H,22,23). The third-order valence-electron chi connectivity index (χ3n) is 3.71. The highest BCUT2D eigenvalue weighted by Crippen LogP contribution is 2.18. The second-order valence-electron chi connectivity index (χ2n) is 5.54. The molecule has 1 N–H and O–H groups in total. The molecule has 0 radical (unpaired) electrons. The Morgan fingerprint density at radius 3 is 2.35 bits per heavy atom. The number of carbonyl (C=O) groups excluding carboxylic acids is 1. The van der Waals surface area contributed by atoms with E-state index in [2.05, 4.69) is 15.3 Å². The minimum Gasteiger partial charge on any atom is -0.319 e. The van der Waals surface area contributed by atoms with Crippen LogP contribution in [0.15, 0.2) is 36.4 Å². The van der Waals surface area contributed by atoms with Crippen molar-refractivity contribution in [3.05, 3.63) is 64.7 Å². The summed E-state index contributed by atoms with van der Waals surface area (Å²) in [5.74, 6) is -0.833. The van der Waals surface area contributed by atoms with Crippen molar-refractivity contribution in [3.8, 4) is 0 Å². The van der Waals surface area contributed by atoms with E-state index in [1.165, 1.54) is 6.07 Å². The number of fused-ring (bicyclic) bond motifs is 1. The highest BCUT2D eigenvalue weighted by Gasteiger charge is 2.11. The topological polar surface area (TPSA) is 54.9 Å². The molecule has 0 bridgehead atoms. The van der Waals surface area contributed by atoms with Crippen LogP contribution in [0.1, 0.15) is 27.3 Å². The van der Waals surface area contributed by atoms with Crippen LogP contribution in [0.25, 0.3) is 11.0 Å². The van der Waals surface area contributed by atoms with Gasteiger partial charge in [-0.25, -0.2) is 14.4 Å². The van der Waals surface area contributed by atoms with Crippen molar-refractivity contribution in [1.82, 2.24) is 9.97 Å². The summed E-state index contributed by atoms with van der Waals surface area (Å²) in [5, 5.41) is 2.58. The van der Waals surface area contributed by atoms with Gasteiger partial charge in [0.05, 0.1) is 28.1 Å². The van der Waals surface area contributed by atoms with Crippen LogP contribution in [0.2, 0.25) is 0 Å². The molecule has 0 saturated heterocycles. The first kappa shape index (κ1) is 15.1. The molecule has 0 aliphatic heterocycles. The highest BCUT2D eigenvalue weighted by molar-refractivity contribution is 6.05. The number of halogens is 1. The lowest BCUT2D eigenvalue weighted by Crippen LogP contribution is -2.13. The molecule has 0 atom stereocenters. The van der Waals surface area contributed by atoms with Crippen molar-refractivity contribution in [2.24, 2.45) is 0 Å². The maximum atomic E-state index is 13.8. The lowest BCUT2D eigenvalue weighted by atomic mass is 10.1. The van der Waals surface area contributed by atoms with E-state index < -0.39 is 5.82 Å². The number of hydrogen-bond donors (Lipinski definition) is 1. The van der Waals surface area contributed by atoms with E-state index in [-0.39, 0.29) is 11.6 Å². The molecule has 0 fully saturated rings. The molecule has 4 nitrogen and oxygen atoms in total. The van der Waals surface area contributed by atoms with Gasteiger partial charge >= 0.3 is 0 Å². The van der Waals surface area contributed by atoms with Gasteiger partial charge in [-0.15, -0.1) is 0 Å². The predicted octanol–water partition coefficient (Wildman–Crippen LogP) is 3.95. The minimum atomic E-state index is -0.453. The Morgan fingerprint density at radius 2 is 1.65 bits per heavy atom. The maximum Gasteiger partial charge on any atom is 0.255 e. The third-order valence-corrected chi connectivity index (χ3v) is 3.71. The van der Waals surface area contributed by atoms with Crippen LogP contribution >= 0.6 is 0 Å². The Bertz CT molecular complexity index is 922. The first-order chi connectivity index (χ1) is 10.9. The van der Waals surface area contributed by atoms with E-state index in [0.29, 0.717) is 11.1 Å². The van der Waals surface area contributed by atoms with E-state index in [0.717, 1.165) is 22.5 Å². The number of benzene rings is 2. The fourth-order valence-corrected chi connectivity index (χ4v) is 2.29. The van der Waals surface area contributed by atoms with E-state index in [9.17, 15) is 9.18 Å². The minimum absolute atomic E-state index is 0.159. The van der Waals surface area contributed by atoms with Crippen LogP contribution in [-0.2, 0) is 0 Å². The van der Waals surface area contributed by atoms with Gasteiger partial charge in [0.25, 0.3) is 5.91 Å². The lowest BCUT2D eigenvalue weighted by molar-refractivity contribution is 0.102. The normalized spacial score (nSPS) is 10.8. The Balaban J connectivity index is 1.93. The van der Waals surface area contributed by atoms with Gasteiger partial charge in [-0.3, -0.25) is 4.79 Å². The van der Waals surface area contributed by atoms with Crippen LogP contribution in [0.4, 0.5) is 10.1 Å². The zero-order valence-electron chi connectivity index (χ0n) is 13.1. The molecule has 2 aromatic carbocycles. The van der Waals surface area contributed by atoms with Gasteiger partial charge < -0.3 is 5.32 Å². The van der Waals surface area contributed by atoms with Crippen LogP contribution in [0.5, 0.6) is 0 Å². The summed E-state index contributed by atoms with van der Waals surface area (Å²) in [6, 6.07) is 9.75. The molecule has 0 saturated carbocycles. The van der Waals surface area contributed by atoms with Crippen molar-refractivity contribution in [3.63, 3.8) is 0 Å². The Morgan fingerprint density at radius 1 is 0.957 bits per heavy atom. The largest absolute Gasteiger partial charge is 0.319 e. The van der Waals surface area contributed by atoms with Crippen LogP contribution < -0.4 is 5.32 Å². The molecule has 23 heavy (non-hydrogen) atoms. The molecule has 0 spiro atoms. The molecular weight excluding hydrogens is 293 g/mol. The molecule has 5 heteroatoms. The third kappa shape index (κ3) is 3.04. The lowest BCUT2D eigenvalue weighted by Gasteiger charge is -2.08. The predicted molar refractivity (Wildman–Crippen MR) is 88.1 cm³/mol. The van der Waals surface area contributed by atoms with Crippen LogP contribution in [0.3, 0.4) is 0 Å². The molecule has 0 aliphatic rings. The highest BCUT2D eigenvalue weighted by atomic mass is 19.1. The van der Waals surface area contributed by atoms with Gasteiger partial charge in [-0.2, -0.15) is 0 Å². The van der Waals surface area contributed by atoms with Gasteiger partial charge in [0, 0.05) is 5.56 Å². The number of amides is 1. The first-order valence-electron chi connectivity index (χ1n) is 7.26. The first-order valence-corrected chi connectivity index (χ1v) is 7.26. The summed E-state index contributed by atoms with van der Waals surface area (Å²) >= 11 is 0. The summed E-state index contributed by atoms with van der Waals surface area (Å²) in [7, 11) is 0. The summed E-state index contributed by atoms with van der Waals surface area (Å²) in [4.78, 5) is 21.2. The summed E-state index contributed by atoms with van der Waals surface area (Å²) in [5.41, 5.74) is 4.42. The van der Waals surface area contributed by atoms with Crippen LogP contribution in [-0.4, -0.2) is 15.9 Å². The van der Waals surface area contributed by atoms with E-state index in [1.807, 2.05) is 13.8 Å². The van der Waals surface area contributed by atoms with Gasteiger partial charge in [0.1, 0.15) is 5.82 Å².